The first-order valence-corrected chi connectivity index (χ1v) is 11.0. The van der Waals surface area contributed by atoms with Crippen molar-refractivity contribution in [3.63, 3.8) is 0 Å². The number of hydrogen-bond donors (Lipinski definition) is 1. The monoisotopic (exact) mass is 426 g/mol. The first kappa shape index (κ1) is 18.8. The van der Waals surface area contributed by atoms with Gasteiger partial charge < -0.3 is 8.98 Å². The number of aromatic nitrogens is 2. The van der Waals surface area contributed by atoms with Crippen molar-refractivity contribution in [2.75, 3.05) is 11.3 Å². The Hall–Kier alpha value is -3.17. The summed E-state index contributed by atoms with van der Waals surface area (Å²) < 4.78 is 48.3. The molecule has 0 bridgehead atoms. The SMILES string of the molecule is O=S(=O)(Nc1ccc2c(c1)nc1n2CCN(Cc2ccco2)C1)c1ccc(F)cc1. The maximum atomic E-state index is 13.1. The third kappa shape index (κ3) is 3.57. The molecule has 2 aromatic carbocycles. The van der Waals surface area contributed by atoms with Crippen LogP contribution < -0.4 is 4.72 Å². The van der Waals surface area contributed by atoms with Gasteiger partial charge >= 0.3 is 0 Å². The van der Waals surface area contributed by atoms with E-state index in [-0.39, 0.29) is 4.90 Å². The molecule has 30 heavy (non-hydrogen) atoms. The number of sulfonamides is 1. The molecule has 0 amide bonds. The Kier molecular flexibility index (Phi) is 4.56. The standard InChI is InChI=1S/C21H19FN4O3S/c22-15-3-6-18(7-4-15)30(27,28)24-16-5-8-20-19(12-16)23-21-14-25(9-10-26(20)21)13-17-2-1-11-29-17/h1-8,11-12,24H,9-10,13-14H2. The number of furan rings is 1. The molecule has 0 saturated carbocycles. The zero-order chi connectivity index (χ0) is 20.7. The molecule has 5 rings (SSSR count). The Bertz CT molecular complexity index is 1300. The minimum Gasteiger partial charge on any atom is -0.468 e. The minimum atomic E-state index is -3.81. The largest absolute Gasteiger partial charge is 0.468 e. The Morgan fingerprint density at radius 3 is 2.70 bits per heavy atom. The van der Waals surface area contributed by atoms with Gasteiger partial charge in [-0.15, -0.1) is 0 Å². The summed E-state index contributed by atoms with van der Waals surface area (Å²) in [5.74, 6) is 1.36. The quantitative estimate of drug-likeness (QED) is 0.528. The second-order valence-electron chi connectivity index (χ2n) is 7.23. The van der Waals surface area contributed by atoms with Gasteiger partial charge in [-0.3, -0.25) is 9.62 Å². The molecule has 1 N–H and O–H groups in total. The van der Waals surface area contributed by atoms with Gasteiger partial charge in [-0.2, -0.15) is 0 Å². The number of imidazole rings is 1. The van der Waals surface area contributed by atoms with Crippen LogP contribution in [-0.2, 0) is 29.7 Å². The summed E-state index contributed by atoms with van der Waals surface area (Å²) in [7, 11) is -3.81. The van der Waals surface area contributed by atoms with Crippen LogP contribution in [0.2, 0.25) is 0 Å². The number of benzene rings is 2. The molecule has 7 nitrogen and oxygen atoms in total. The fraction of sp³-hybridized carbons (Fsp3) is 0.190. The summed E-state index contributed by atoms with van der Waals surface area (Å²) in [6, 6.07) is 13.9. The molecule has 0 unspecified atom stereocenters. The van der Waals surface area contributed by atoms with E-state index in [0.717, 1.165) is 54.4 Å². The van der Waals surface area contributed by atoms with Gasteiger partial charge in [-0.05, 0) is 54.6 Å². The molecule has 2 aromatic heterocycles. The van der Waals surface area contributed by atoms with Crippen LogP contribution in [0.5, 0.6) is 0 Å². The topological polar surface area (TPSA) is 80.4 Å². The van der Waals surface area contributed by atoms with Crippen molar-refractivity contribution < 1.29 is 17.2 Å². The van der Waals surface area contributed by atoms with Crippen molar-refractivity contribution >= 4 is 26.7 Å². The number of fused-ring (bicyclic) bond motifs is 3. The average Bonchev–Trinajstić information content (AvgIpc) is 3.34. The fourth-order valence-corrected chi connectivity index (χ4v) is 4.77. The van der Waals surface area contributed by atoms with Crippen molar-refractivity contribution in [3.05, 3.63) is 78.3 Å². The van der Waals surface area contributed by atoms with Gasteiger partial charge in [0.15, 0.2) is 0 Å². The molecule has 3 heterocycles. The third-order valence-corrected chi connectivity index (χ3v) is 6.57. The van der Waals surface area contributed by atoms with Crippen LogP contribution in [0.3, 0.4) is 0 Å². The first-order chi connectivity index (χ1) is 14.5. The molecule has 0 fully saturated rings. The lowest BCUT2D eigenvalue weighted by atomic mass is 10.2. The second-order valence-corrected chi connectivity index (χ2v) is 8.92. The highest BCUT2D eigenvalue weighted by Crippen LogP contribution is 2.26. The van der Waals surface area contributed by atoms with Gasteiger partial charge in [0.1, 0.15) is 17.4 Å². The zero-order valence-corrected chi connectivity index (χ0v) is 16.8. The lowest BCUT2D eigenvalue weighted by molar-refractivity contribution is 0.195. The van der Waals surface area contributed by atoms with Gasteiger partial charge in [0, 0.05) is 13.1 Å². The van der Waals surface area contributed by atoms with E-state index in [1.165, 1.54) is 12.1 Å². The molecule has 0 saturated heterocycles. The Morgan fingerprint density at radius 1 is 1.10 bits per heavy atom. The minimum absolute atomic E-state index is 0.00157. The summed E-state index contributed by atoms with van der Waals surface area (Å²) >= 11 is 0. The third-order valence-electron chi connectivity index (χ3n) is 5.17. The lowest BCUT2D eigenvalue weighted by Gasteiger charge is -2.26. The molecule has 4 aromatic rings. The van der Waals surface area contributed by atoms with Crippen LogP contribution in [0, 0.1) is 5.82 Å². The van der Waals surface area contributed by atoms with Crippen molar-refractivity contribution in [2.24, 2.45) is 0 Å². The molecular weight excluding hydrogens is 407 g/mol. The van der Waals surface area contributed by atoms with Gasteiger partial charge in [0.25, 0.3) is 10.0 Å². The van der Waals surface area contributed by atoms with Gasteiger partial charge in [0.2, 0.25) is 0 Å². The van der Waals surface area contributed by atoms with E-state index in [9.17, 15) is 12.8 Å². The smallest absolute Gasteiger partial charge is 0.261 e. The average molecular weight is 426 g/mol. The van der Waals surface area contributed by atoms with Crippen LogP contribution >= 0.6 is 0 Å². The fourth-order valence-electron chi connectivity index (χ4n) is 3.72. The number of halogens is 1. The van der Waals surface area contributed by atoms with Crippen LogP contribution in [-0.4, -0.2) is 29.4 Å². The highest BCUT2D eigenvalue weighted by atomic mass is 32.2. The Morgan fingerprint density at radius 2 is 1.93 bits per heavy atom. The van der Waals surface area contributed by atoms with Gasteiger partial charge in [-0.1, -0.05) is 0 Å². The van der Waals surface area contributed by atoms with E-state index in [2.05, 4.69) is 14.2 Å². The Balaban J connectivity index is 1.38. The van der Waals surface area contributed by atoms with E-state index in [1.54, 1.807) is 18.4 Å². The Labute approximate surface area is 172 Å². The van der Waals surface area contributed by atoms with Crippen LogP contribution in [0.1, 0.15) is 11.6 Å². The van der Waals surface area contributed by atoms with E-state index < -0.39 is 15.8 Å². The van der Waals surface area contributed by atoms with Gasteiger partial charge in [0.05, 0.1) is 41.0 Å². The van der Waals surface area contributed by atoms with Crippen LogP contribution in [0.15, 0.2) is 70.2 Å². The second kappa shape index (κ2) is 7.26. The van der Waals surface area contributed by atoms with Crippen molar-refractivity contribution in [2.45, 2.75) is 24.5 Å². The summed E-state index contributed by atoms with van der Waals surface area (Å²) in [6.45, 7) is 3.08. The van der Waals surface area contributed by atoms with Crippen molar-refractivity contribution in [3.8, 4) is 0 Å². The molecule has 154 valence electrons. The summed E-state index contributed by atoms with van der Waals surface area (Å²) in [4.78, 5) is 6.98. The van der Waals surface area contributed by atoms with Crippen LogP contribution in [0.25, 0.3) is 11.0 Å². The summed E-state index contributed by atoms with van der Waals surface area (Å²) in [6.07, 6.45) is 1.67. The maximum absolute atomic E-state index is 13.1. The molecule has 9 heteroatoms. The van der Waals surface area contributed by atoms with E-state index in [4.69, 9.17) is 9.40 Å². The first-order valence-electron chi connectivity index (χ1n) is 9.50. The highest BCUT2D eigenvalue weighted by molar-refractivity contribution is 7.92. The summed E-state index contributed by atoms with van der Waals surface area (Å²) in [5, 5.41) is 0. The normalized spacial score (nSPS) is 14.7. The van der Waals surface area contributed by atoms with Gasteiger partial charge in [-0.25, -0.2) is 17.8 Å². The highest BCUT2D eigenvalue weighted by Gasteiger charge is 2.21. The van der Waals surface area contributed by atoms with Crippen molar-refractivity contribution in [1.29, 1.82) is 0 Å². The number of rotatable bonds is 5. The van der Waals surface area contributed by atoms with Crippen LogP contribution in [0.4, 0.5) is 10.1 Å². The number of hydrogen-bond acceptors (Lipinski definition) is 5. The molecular formula is C21H19FN4O3S. The molecule has 0 atom stereocenters. The molecule has 0 aliphatic carbocycles. The predicted molar refractivity (Wildman–Crippen MR) is 110 cm³/mol. The van der Waals surface area contributed by atoms with E-state index in [1.807, 2.05) is 18.2 Å². The molecule has 1 aliphatic rings. The predicted octanol–water partition coefficient (Wildman–Crippen LogP) is 3.59. The van der Waals surface area contributed by atoms with E-state index in [0.29, 0.717) is 12.2 Å². The summed E-state index contributed by atoms with van der Waals surface area (Å²) in [5.41, 5.74) is 2.10. The number of nitrogens with one attached hydrogen (secondary N) is 1. The molecule has 0 radical (unpaired) electrons. The van der Waals surface area contributed by atoms with E-state index >= 15 is 0 Å². The number of anilines is 1. The maximum Gasteiger partial charge on any atom is 0.261 e. The molecule has 1 aliphatic heterocycles. The number of nitrogens with zero attached hydrogens (tertiary/aromatic N) is 3. The zero-order valence-electron chi connectivity index (χ0n) is 16.0. The van der Waals surface area contributed by atoms with Crippen molar-refractivity contribution in [1.82, 2.24) is 14.5 Å². The lowest BCUT2D eigenvalue weighted by Crippen LogP contribution is -2.33. The molecule has 0 spiro atoms.